The van der Waals surface area contributed by atoms with Gasteiger partial charge in [0, 0.05) is 5.56 Å². The van der Waals surface area contributed by atoms with Gasteiger partial charge in [0.15, 0.2) is 6.61 Å². The molecule has 0 atom stereocenters. The van der Waals surface area contributed by atoms with Crippen molar-refractivity contribution in [3.8, 4) is 6.07 Å². The average Bonchev–Trinajstić information content (AvgIpc) is 2.38. The van der Waals surface area contributed by atoms with Gasteiger partial charge in [-0.2, -0.15) is 18.4 Å². The Kier molecular flexibility index (Phi) is 3.12. The van der Waals surface area contributed by atoms with E-state index in [2.05, 4.69) is 10.5 Å². The maximum absolute atomic E-state index is 12.7. The quantitative estimate of drug-likeness (QED) is 0.837. The zero-order chi connectivity index (χ0) is 14.0. The van der Waals surface area contributed by atoms with E-state index in [4.69, 9.17) is 10.00 Å². The van der Waals surface area contributed by atoms with Gasteiger partial charge in [0.05, 0.1) is 17.2 Å². The number of nitrogens with one attached hydrogen (secondary N) is 1. The third-order valence-electron chi connectivity index (χ3n) is 2.31. The van der Waals surface area contributed by atoms with Crippen LogP contribution in [0.25, 0.3) is 0 Å². The largest absolute Gasteiger partial charge is 0.466 e. The first-order chi connectivity index (χ1) is 8.91. The molecule has 0 aliphatic carbocycles. The van der Waals surface area contributed by atoms with Gasteiger partial charge >= 0.3 is 6.18 Å². The molecule has 1 aromatic carbocycles. The minimum atomic E-state index is -4.65. The van der Waals surface area contributed by atoms with Crippen LogP contribution in [0, 0.1) is 11.3 Å². The van der Waals surface area contributed by atoms with Crippen LogP contribution in [0.15, 0.2) is 23.3 Å². The van der Waals surface area contributed by atoms with E-state index < -0.39 is 23.2 Å². The van der Waals surface area contributed by atoms with Crippen LogP contribution in [-0.4, -0.2) is 18.4 Å². The van der Waals surface area contributed by atoms with Crippen molar-refractivity contribution in [1.29, 1.82) is 5.26 Å². The van der Waals surface area contributed by atoms with Gasteiger partial charge in [-0.15, -0.1) is 5.10 Å². The Morgan fingerprint density at radius 3 is 2.68 bits per heavy atom. The summed E-state index contributed by atoms with van der Waals surface area (Å²) in [6.07, 6.45) is -4.65. The summed E-state index contributed by atoms with van der Waals surface area (Å²) in [5.41, 5.74) is 0.566. The van der Waals surface area contributed by atoms with Crippen molar-refractivity contribution < 1.29 is 22.7 Å². The van der Waals surface area contributed by atoms with Crippen LogP contribution >= 0.6 is 0 Å². The van der Waals surface area contributed by atoms with Crippen molar-refractivity contribution >= 4 is 11.8 Å². The van der Waals surface area contributed by atoms with Gasteiger partial charge in [-0.05, 0) is 18.2 Å². The molecular weight excluding hydrogens is 263 g/mol. The average molecular weight is 269 g/mol. The Morgan fingerprint density at radius 2 is 2.16 bits per heavy atom. The van der Waals surface area contributed by atoms with E-state index in [-0.39, 0.29) is 18.1 Å². The number of hydrogen-bond acceptors (Lipinski definition) is 4. The van der Waals surface area contributed by atoms with Crippen molar-refractivity contribution in [2.75, 3.05) is 6.61 Å². The lowest BCUT2D eigenvalue weighted by Crippen LogP contribution is -2.32. The van der Waals surface area contributed by atoms with Crippen LogP contribution in [0.2, 0.25) is 0 Å². The lowest BCUT2D eigenvalue weighted by atomic mass is 10.0. The van der Waals surface area contributed by atoms with E-state index in [9.17, 15) is 18.0 Å². The lowest BCUT2D eigenvalue weighted by molar-refractivity contribution is -0.137. The number of halogens is 3. The number of hydrazone groups is 1. The second-order valence-electron chi connectivity index (χ2n) is 3.61. The highest BCUT2D eigenvalue weighted by molar-refractivity contribution is 5.98. The first kappa shape index (κ1) is 12.9. The summed E-state index contributed by atoms with van der Waals surface area (Å²) < 4.78 is 43.1. The molecule has 98 valence electrons. The summed E-state index contributed by atoms with van der Waals surface area (Å²) in [4.78, 5) is 10.8. The SMILES string of the molecule is N#Cc1ccc(C2=NNC(=O)CO2)cc1C(F)(F)F. The van der Waals surface area contributed by atoms with Crippen LogP contribution in [0.5, 0.6) is 0 Å². The second-order valence-corrected chi connectivity index (χ2v) is 3.61. The van der Waals surface area contributed by atoms with Crippen LogP contribution < -0.4 is 5.43 Å². The molecule has 19 heavy (non-hydrogen) atoms. The van der Waals surface area contributed by atoms with Crippen molar-refractivity contribution in [2.24, 2.45) is 5.10 Å². The molecule has 0 spiro atoms. The predicted octanol–water partition coefficient (Wildman–Crippen LogP) is 1.39. The molecule has 1 aromatic rings. The molecule has 1 aliphatic heterocycles. The van der Waals surface area contributed by atoms with Crippen LogP contribution in [0.4, 0.5) is 13.2 Å². The molecule has 0 aromatic heterocycles. The summed E-state index contributed by atoms with van der Waals surface area (Å²) in [5, 5.41) is 12.2. The van der Waals surface area contributed by atoms with Crippen molar-refractivity contribution in [1.82, 2.24) is 5.43 Å². The lowest BCUT2D eigenvalue weighted by Gasteiger charge is -2.15. The molecule has 0 bridgehead atoms. The predicted molar refractivity (Wildman–Crippen MR) is 56.8 cm³/mol. The molecule has 0 radical (unpaired) electrons. The number of rotatable bonds is 1. The topological polar surface area (TPSA) is 74.5 Å². The van der Waals surface area contributed by atoms with E-state index in [1.54, 1.807) is 0 Å². The highest BCUT2D eigenvalue weighted by Gasteiger charge is 2.34. The number of ether oxygens (including phenoxy) is 1. The Hall–Kier alpha value is -2.56. The van der Waals surface area contributed by atoms with Gasteiger partial charge in [-0.25, -0.2) is 5.43 Å². The smallest absolute Gasteiger partial charge is 0.417 e. The Bertz CT molecular complexity index is 602. The van der Waals surface area contributed by atoms with Crippen LogP contribution in [0.3, 0.4) is 0 Å². The first-order valence-electron chi connectivity index (χ1n) is 5.03. The maximum atomic E-state index is 12.7. The number of carbonyl (C=O) groups is 1. The molecule has 0 unspecified atom stereocenters. The summed E-state index contributed by atoms with van der Waals surface area (Å²) in [6.45, 7) is -0.319. The Balaban J connectivity index is 2.45. The van der Waals surface area contributed by atoms with E-state index >= 15 is 0 Å². The van der Waals surface area contributed by atoms with Crippen molar-refractivity contribution in [2.45, 2.75) is 6.18 Å². The second kappa shape index (κ2) is 4.61. The van der Waals surface area contributed by atoms with Gasteiger partial charge in [0.2, 0.25) is 5.90 Å². The zero-order valence-corrected chi connectivity index (χ0v) is 9.28. The number of alkyl halides is 3. The fourth-order valence-electron chi connectivity index (χ4n) is 1.47. The molecule has 5 nitrogen and oxygen atoms in total. The number of carbonyl (C=O) groups excluding carboxylic acids is 1. The number of nitrogens with zero attached hydrogens (tertiary/aromatic N) is 2. The van der Waals surface area contributed by atoms with Gasteiger partial charge in [0.25, 0.3) is 5.91 Å². The van der Waals surface area contributed by atoms with Gasteiger partial charge < -0.3 is 4.74 Å². The summed E-state index contributed by atoms with van der Waals surface area (Å²) in [5.74, 6) is -0.622. The molecule has 0 fully saturated rings. The number of amides is 1. The van der Waals surface area contributed by atoms with Gasteiger partial charge in [-0.3, -0.25) is 4.79 Å². The minimum absolute atomic E-state index is 0.0336. The zero-order valence-electron chi connectivity index (χ0n) is 9.28. The summed E-state index contributed by atoms with van der Waals surface area (Å²) in [6, 6.07) is 4.52. The molecule has 1 N–H and O–H groups in total. The number of benzene rings is 1. The molecule has 0 saturated heterocycles. The van der Waals surface area contributed by atoms with E-state index in [0.717, 1.165) is 12.1 Å². The Labute approximate surface area is 105 Å². The number of nitriles is 1. The van der Waals surface area contributed by atoms with Gasteiger partial charge in [0.1, 0.15) is 0 Å². The van der Waals surface area contributed by atoms with Crippen LogP contribution in [0.1, 0.15) is 16.7 Å². The molecule has 1 amide bonds. The fourth-order valence-corrected chi connectivity index (χ4v) is 1.47. The number of hydrogen-bond donors (Lipinski definition) is 1. The molecule has 8 heteroatoms. The highest BCUT2D eigenvalue weighted by atomic mass is 19.4. The monoisotopic (exact) mass is 269 g/mol. The highest BCUT2D eigenvalue weighted by Crippen LogP contribution is 2.32. The summed E-state index contributed by atoms with van der Waals surface area (Å²) >= 11 is 0. The molecule has 1 aliphatic rings. The van der Waals surface area contributed by atoms with E-state index in [0.29, 0.717) is 0 Å². The van der Waals surface area contributed by atoms with Crippen molar-refractivity contribution in [3.05, 3.63) is 34.9 Å². The van der Waals surface area contributed by atoms with Crippen molar-refractivity contribution in [3.63, 3.8) is 0 Å². The van der Waals surface area contributed by atoms with Crippen LogP contribution in [-0.2, 0) is 15.7 Å². The van der Waals surface area contributed by atoms with E-state index in [1.807, 2.05) is 0 Å². The molecule has 1 heterocycles. The summed E-state index contributed by atoms with van der Waals surface area (Å²) in [7, 11) is 0. The maximum Gasteiger partial charge on any atom is 0.417 e. The molecule has 0 saturated carbocycles. The normalized spacial score (nSPS) is 15.1. The Morgan fingerprint density at radius 1 is 1.42 bits per heavy atom. The molecular formula is C11H6F3N3O2. The third kappa shape index (κ3) is 2.65. The molecule has 2 rings (SSSR count). The van der Waals surface area contributed by atoms with E-state index in [1.165, 1.54) is 12.1 Å². The minimum Gasteiger partial charge on any atom is -0.466 e. The third-order valence-corrected chi connectivity index (χ3v) is 2.31. The van der Waals surface area contributed by atoms with Gasteiger partial charge in [-0.1, -0.05) is 0 Å². The fraction of sp³-hybridized carbons (Fsp3) is 0.182. The standard InChI is InChI=1S/C11H6F3N3O2/c12-11(13,14)8-3-6(1-2-7(8)4-15)10-17-16-9(18)5-19-10/h1-3H,5H2,(H,16,18). The first-order valence-corrected chi connectivity index (χ1v) is 5.03.